The van der Waals surface area contributed by atoms with Crippen LogP contribution in [0.15, 0.2) is 41.0 Å². The van der Waals surface area contributed by atoms with Crippen molar-refractivity contribution in [3.63, 3.8) is 0 Å². The number of carbonyl (C=O) groups excluding carboxylic acids is 1. The molecule has 146 valence electrons. The smallest absolute Gasteiger partial charge is 0.225 e. The van der Waals surface area contributed by atoms with E-state index in [0.29, 0.717) is 31.9 Å². The number of amides is 1. The summed E-state index contributed by atoms with van der Waals surface area (Å²) < 4.78 is 28.6. The lowest BCUT2D eigenvalue weighted by Crippen LogP contribution is -2.30. The highest BCUT2D eigenvalue weighted by molar-refractivity contribution is 9.10. The van der Waals surface area contributed by atoms with Gasteiger partial charge in [-0.2, -0.15) is 5.10 Å². The Kier molecular flexibility index (Phi) is 6.67. The van der Waals surface area contributed by atoms with E-state index in [9.17, 15) is 13.2 Å². The first-order valence-corrected chi connectivity index (χ1v) is 11.4. The number of sulfonamides is 1. The lowest BCUT2D eigenvalue weighted by atomic mass is 10.2. The van der Waals surface area contributed by atoms with Crippen molar-refractivity contribution in [2.75, 3.05) is 24.2 Å². The highest BCUT2D eigenvalue weighted by Crippen LogP contribution is 2.16. The van der Waals surface area contributed by atoms with E-state index in [1.165, 1.54) is 4.31 Å². The number of halogens is 1. The molecule has 1 aromatic heterocycles. The number of nitrogens with zero attached hydrogens (tertiary/aromatic N) is 3. The van der Waals surface area contributed by atoms with E-state index < -0.39 is 10.0 Å². The van der Waals surface area contributed by atoms with Gasteiger partial charge >= 0.3 is 0 Å². The zero-order chi connectivity index (χ0) is 19.3. The Morgan fingerprint density at radius 3 is 2.56 bits per heavy atom. The van der Waals surface area contributed by atoms with Crippen molar-refractivity contribution in [3.8, 4) is 0 Å². The molecule has 1 amide bonds. The fourth-order valence-corrected chi connectivity index (χ4v) is 4.89. The van der Waals surface area contributed by atoms with Gasteiger partial charge in [0.1, 0.15) is 5.82 Å². The fourth-order valence-electron chi connectivity index (χ4n) is 3.04. The standard InChI is InChI=1S/C18H23BrN4O3S/c19-16-7-5-15(6-8-16)14-23-17(9-10-20-23)21-18(24)4-3-13-27(25,26)22-11-1-2-12-22/h5-10H,1-4,11-14H2,(H,21,24). The Bertz CT molecular complexity index is 874. The molecule has 2 heterocycles. The summed E-state index contributed by atoms with van der Waals surface area (Å²) in [5.74, 6) is 0.410. The van der Waals surface area contributed by atoms with Gasteiger partial charge in [-0.15, -0.1) is 0 Å². The summed E-state index contributed by atoms with van der Waals surface area (Å²) >= 11 is 3.40. The van der Waals surface area contributed by atoms with Gasteiger partial charge in [0.15, 0.2) is 0 Å². The average Bonchev–Trinajstić information content (AvgIpc) is 3.30. The minimum atomic E-state index is -3.24. The maximum absolute atomic E-state index is 12.2. The molecular weight excluding hydrogens is 432 g/mol. The summed E-state index contributed by atoms with van der Waals surface area (Å²) in [7, 11) is -3.24. The second-order valence-electron chi connectivity index (χ2n) is 6.57. The summed E-state index contributed by atoms with van der Waals surface area (Å²) in [5, 5.41) is 7.07. The van der Waals surface area contributed by atoms with Crippen LogP contribution >= 0.6 is 15.9 Å². The lowest BCUT2D eigenvalue weighted by molar-refractivity contribution is -0.116. The number of carbonyl (C=O) groups is 1. The van der Waals surface area contributed by atoms with Gasteiger partial charge in [-0.05, 0) is 37.0 Å². The van der Waals surface area contributed by atoms with Crippen LogP contribution < -0.4 is 5.32 Å². The van der Waals surface area contributed by atoms with E-state index in [0.717, 1.165) is 22.9 Å². The molecule has 7 nitrogen and oxygen atoms in total. The summed E-state index contributed by atoms with van der Waals surface area (Å²) in [6.07, 6.45) is 3.94. The van der Waals surface area contributed by atoms with Crippen molar-refractivity contribution in [2.45, 2.75) is 32.2 Å². The maximum atomic E-state index is 12.2. The Hall–Kier alpha value is -1.71. The van der Waals surface area contributed by atoms with Crippen LogP contribution in [0.3, 0.4) is 0 Å². The van der Waals surface area contributed by atoms with Gasteiger partial charge in [0.05, 0.1) is 18.5 Å². The monoisotopic (exact) mass is 454 g/mol. The van der Waals surface area contributed by atoms with Crippen LogP contribution in [-0.2, 0) is 21.4 Å². The summed E-state index contributed by atoms with van der Waals surface area (Å²) in [6, 6.07) is 9.62. The van der Waals surface area contributed by atoms with Gasteiger partial charge in [-0.1, -0.05) is 28.1 Å². The molecule has 1 saturated heterocycles. The molecule has 1 aliphatic rings. The van der Waals surface area contributed by atoms with Crippen molar-refractivity contribution < 1.29 is 13.2 Å². The predicted octanol–water partition coefficient (Wildman–Crippen LogP) is 2.84. The fraction of sp³-hybridized carbons (Fsp3) is 0.444. The van der Waals surface area contributed by atoms with Crippen molar-refractivity contribution >= 4 is 37.7 Å². The molecular formula is C18H23BrN4O3S. The molecule has 1 fully saturated rings. The zero-order valence-electron chi connectivity index (χ0n) is 15.0. The summed E-state index contributed by atoms with van der Waals surface area (Å²) in [6.45, 7) is 1.74. The Morgan fingerprint density at radius 1 is 1.15 bits per heavy atom. The molecule has 0 unspecified atom stereocenters. The van der Waals surface area contributed by atoms with E-state index >= 15 is 0 Å². The van der Waals surface area contributed by atoms with E-state index in [1.807, 2.05) is 24.3 Å². The maximum Gasteiger partial charge on any atom is 0.225 e. The van der Waals surface area contributed by atoms with Crippen molar-refractivity contribution in [1.29, 1.82) is 0 Å². The predicted molar refractivity (Wildman–Crippen MR) is 108 cm³/mol. The van der Waals surface area contributed by atoms with Gasteiger partial charge in [-0.25, -0.2) is 17.4 Å². The minimum Gasteiger partial charge on any atom is -0.311 e. The molecule has 3 rings (SSSR count). The molecule has 0 aliphatic carbocycles. The van der Waals surface area contributed by atoms with Gasteiger partial charge in [-0.3, -0.25) is 4.79 Å². The first-order valence-electron chi connectivity index (χ1n) is 8.98. The van der Waals surface area contributed by atoms with Gasteiger partial charge in [0.25, 0.3) is 0 Å². The second kappa shape index (κ2) is 8.99. The third kappa shape index (κ3) is 5.63. The highest BCUT2D eigenvalue weighted by atomic mass is 79.9. The molecule has 2 aromatic rings. The largest absolute Gasteiger partial charge is 0.311 e. The third-order valence-corrected chi connectivity index (χ3v) is 6.98. The number of aromatic nitrogens is 2. The van der Waals surface area contributed by atoms with Crippen LogP contribution in [-0.4, -0.2) is 47.3 Å². The van der Waals surface area contributed by atoms with Crippen LogP contribution in [0.5, 0.6) is 0 Å². The van der Waals surface area contributed by atoms with E-state index in [2.05, 4.69) is 26.3 Å². The van der Waals surface area contributed by atoms with Crippen LogP contribution in [0.1, 0.15) is 31.2 Å². The zero-order valence-corrected chi connectivity index (χ0v) is 17.4. The molecule has 0 atom stereocenters. The number of nitrogens with one attached hydrogen (secondary N) is 1. The van der Waals surface area contributed by atoms with Gasteiger partial charge in [0.2, 0.25) is 15.9 Å². The third-order valence-electron chi connectivity index (χ3n) is 4.49. The quantitative estimate of drug-likeness (QED) is 0.664. The molecule has 9 heteroatoms. The average molecular weight is 455 g/mol. The first kappa shape index (κ1) is 20.0. The summed E-state index contributed by atoms with van der Waals surface area (Å²) in [4.78, 5) is 12.2. The van der Waals surface area contributed by atoms with Crippen LogP contribution in [0.25, 0.3) is 0 Å². The number of anilines is 1. The molecule has 0 bridgehead atoms. The summed E-state index contributed by atoms with van der Waals surface area (Å²) in [5.41, 5.74) is 1.06. The van der Waals surface area contributed by atoms with Crippen molar-refractivity contribution in [1.82, 2.24) is 14.1 Å². The number of hydrogen-bond donors (Lipinski definition) is 1. The SMILES string of the molecule is O=C(CCCS(=O)(=O)N1CCCC1)Nc1ccnn1Cc1ccc(Br)cc1. The Morgan fingerprint density at radius 2 is 1.85 bits per heavy atom. The molecule has 0 radical (unpaired) electrons. The highest BCUT2D eigenvalue weighted by Gasteiger charge is 2.24. The molecule has 1 aliphatic heterocycles. The molecule has 0 spiro atoms. The van der Waals surface area contributed by atoms with E-state index in [-0.39, 0.29) is 18.1 Å². The van der Waals surface area contributed by atoms with E-state index in [1.54, 1.807) is 16.9 Å². The van der Waals surface area contributed by atoms with Crippen LogP contribution in [0.4, 0.5) is 5.82 Å². The molecule has 1 aromatic carbocycles. The number of rotatable bonds is 8. The van der Waals surface area contributed by atoms with Crippen LogP contribution in [0.2, 0.25) is 0 Å². The number of hydrogen-bond acceptors (Lipinski definition) is 4. The topological polar surface area (TPSA) is 84.3 Å². The van der Waals surface area contributed by atoms with Crippen molar-refractivity contribution in [3.05, 3.63) is 46.6 Å². The van der Waals surface area contributed by atoms with E-state index in [4.69, 9.17) is 0 Å². The van der Waals surface area contributed by atoms with Gasteiger partial charge < -0.3 is 5.32 Å². The molecule has 27 heavy (non-hydrogen) atoms. The Balaban J connectivity index is 1.50. The molecule has 0 saturated carbocycles. The second-order valence-corrected chi connectivity index (χ2v) is 9.58. The lowest BCUT2D eigenvalue weighted by Gasteiger charge is -2.15. The van der Waals surface area contributed by atoms with Crippen LogP contribution in [0, 0.1) is 0 Å². The normalized spacial score (nSPS) is 15.1. The molecule has 1 N–H and O–H groups in total. The van der Waals surface area contributed by atoms with Crippen molar-refractivity contribution in [2.24, 2.45) is 0 Å². The first-order chi connectivity index (χ1) is 12.9. The number of benzene rings is 1. The Labute approximate surface area is 167 Å². The minimum absolute atomic E-state index is 0.0125. The van der Waals surface area contributed by atoms with Gasteiger partial charge in [0, 0.05) is 30.0 Å².